The molecule has 4 heteroatoms. The summed E-state index contributed by atoms with van der Waals surface area (Å²) in [6.07, 6.45) is 0.767. The first-order chi connectivity index (χ1) is 10.1. The molecule has 0 bridgehead atoms. The Bertz CT molecular complexity index is 710. The number of rotatable bonds is 1. The highest BCUT2D eigenvalue weighted by Crippen LogP contribution is 2.37. The summed E-state index contributed by atoms with van der Waals surface area (Å²) in [5.41, 5.74) is 3.16. The third-order valence-electron chi connectivity index (χ3n) is 3.77. The number of hydrogen-bond acceptors (Lipinski definition) is 3. The molecule has 3 rings (SSSR count). The summed E-state index contributed by atoms with van der Waals surface area (Å²) >= 11 is 6.35. The normalized spacial score (nSPS) is 17.1. The number of aromatic hydroxyl groups is 1. The number of nitrogens with zero attached hydrogens (tertiary/aromatic N) is 2. The average Bonchev–Trinajstić information content (AvgIpc) is 2.47. The van der Waals surface area contributed by atoms with Crippen LogP contribution in [0.3, 0.4) is 0 Å². The maximum Gasteiger partial charge on any atom is 0.115 e. The predicted molar refractivity (Wildman–Crippen MR) is 86.2 cm³/mol. The standard InChI is InChI=1S/C17H17ClN2O/c1-20(2)16-9-11-7-8-12(21)10-14(11)17(19-16)13-5-3-4-6-15(13)18/h3-8,10,17,21H,9H2,1-2H3. The molecule has 2 aromatic rings. The summed E-state index contributed by atoms with van der Waals surface area (Å²) in [6, 6.07) is 13.0. The molecule has 1 aliphatic rings. The van der Waals surface area contributed by atoms with Gasteiger partial charge in [-0.25, -0.2) is 0 Å². The fourth-order valence-electron chi connectivity index (χ4n) is 2.64. The Hall–Kier alpha value is -2.00. The largest absolute Gasteiger partial charge is 0.508 e. The predicted octanol–water partition coefficient (Wildman–Crippen LogP) is 3.65. The van der Waals surface area contributed by atoms with E-state index in [-0.39, 0.29) is 11.8 Å². The number of likely N-dealkylation sites (N-methyl/N-ethyl adjacent to an activating group) is 1. The molecule has 1 heterocycles. The molecule has 0 radical (unpaired) electrons. The molecule has 21 heavy (non-hydrogen) atoms. The first-order valence-electron chi connectivity index (χ1n) is 6.86. The SMILES string of the molecule is CN(C)C1=NC(c2ccccc2Cl)c2cc(O)ccc2C1. The highest BCUT2D eigenvalue weighted by molar-refractivity contribution is 6.31. The quantitative estimate of drug-likeness (QED) is 0.872. The van der Waals surface area contributed by atoms with E-state index in [1.54, 1.807) is 12.1 Å². The van der Waals surface area contributed by atoms with Crippen LogP contribution in [-0.2, 0) is 6.42 Å². The third-order valence-corrected chi connectivity index (χ3v) is 4.11. The minimum absolute atomic E-state index is 0.174. The minimum Gasteiger partial charge on any atom is -0.508 e. The van der Waals surface area contributed by atoms with Crippen LogP contribution in [0.25, 0.3) is 0 Å². The Morgan fingerprint density at radius 3 is 2.62 bits per heavy atom. The molecule has 2 aromatic carbocycles. The molecule has 0 saturated carbocycles. The lowest BCUT2D eigenvalue weighted by Crippen LogP contribution is -2.28. The van der Waals surface area contributed by atoms with E-state index in [1.165, 1.54) is 5.56 Å². The monoisotopic (exact) mass is 300 g/mol. The third kappa shape index (κ3) is 2.61. The van der Waals surface area contributed by atoms with Crippen LogP contribution in [0.1, 0.15) is 22.7 Å². The van der Waals surface area contributed by atoms with Gasteiger partial charge in [0.1, 0.15) is 17.6 Å². The molecule has 0 spiro atoms. The second-order valence-corrected chi connectivity index (χ2v) is 5.83. The van der Waals surface area contributed by atoms with Gasteiger partial charge >= 0.3 is 0 Å². The number of amidine groups is 1. The van der Waals surface area contributed by atoms with Crippen molar-refractivity contribution < 1.29 is 5.11 Å². The Morgan fingerprint density at radius 1 is 1.14 bits per heavy atom. The van der Waals surface area contributed by atoms with Gasteiger partial charge in [-0.1, -0.05) is 35.9 Å². The Balaban J connectivity index is 2.18. The van der Waals surface area contributed by atoms with E-state index in [0.717, 1.165) is 23.4 Å². The zero-order valence-electron chi connectivity index (χ0n) is 12.0. The topological polar surface area (TPSA) is 35.8 Å². The van der Waals surface area contributed by atoms with Crippen molar-refractivity contribution in [2.45, 2.75) is 12.5 Å². The minimum atomic E-state index is -0.174. The van der Waals surface area contributed by atoms with Crippen LogP contribution in [0.15, 0.2) is 47.5 Å². The van der Waals surface area contributed by atoms with E-state index in [1.807, 2.05) is 49.3 Å². The van der Waals surface area contributed by atoms with Crippen molar-refractivity contribution in [1.29, 1.82) is 0 Å². The van der Waals surface area contributed by atoms with Crippen LogP contribution in [-0.4, -0.2) is 29.9 Å². The number of aliphatic imine (C=N–C) groups is 1. The van der Waals surface area contributed by atoms with E-state index in [0.29, 0.717) is 5.02 Å². The van der Waals surface area contributed by atoms with Gasteiger partial charge < -0.3 is 10.0 Å². The van der Waals surface area contributed by atoms with Crippen LogP contribution in [0.5, 0.6) is 5.75 Å². The van der Waals surface area contributed by atoms with Gasteiger partial charge in [0.05, 0.1) is 0 Å². The van der Waals surface area contributed by atoms with Gasteiger partial charge in [-0.05, 0) is 34.9 Å². The van der Waals surface area contributed by atoms with Gasteiger partial charge in [-0.15, -0.1) is 0 Å². The van der Waals surface area contributed by atoms with Crippen molar-refractivity contribution >= 4 is 17.4 Å². The summed E-state index contributed by atoms with van der Waals surface area (Å²) in [4.78, 5) is 6.87. The van der Waals surface area contributed by atoms with Gasteiger partial charge in [0.2, 0.25) is 0 Å². The van der Waals surface area contributed by atoms with Gasteiger partial charge in [-0.3, -0.25) is 4.99 Å². The molecule has 0 aliphatic carbocycles. The maximum absolute atomic E-state index is 9.81. The number of halogens is 1. The number of benzene rings is 2. The lowest BCUT2D eigenvalue weighted by molar-refractivity contribution is 0.473. The molecule has 0 fully saturated rings. The lowest BCUT2D eigenvalue weighted by atomic mass is 9.90. The molecule has 1 N–H and O–H groups in total. The summed E-state index contributed by atoms with van der Waals surface area (Å²) in [7, 11) is 3.99. The number of phenolic OH excluding ortho intramolecular Hbond substituents is 1. The Morgan fingerprint density at radius 2 is 1.90 bits per heavy atom. The molecule has 0 saturated heterocycles. The summed E-state index contributed by atoms with van der Waals surface area (Å²) in [5, 5.41) is 10.5. The van der Waals surface area contributed by atoms with E-state index in [4.69, 9.17) is 16.6 Å². The van der Waals surface area contributed by atoms with E-state index in [2.05, 4.69) is 0 Å². The van der Waals surface area contributed by atoms with E-state index < -0.39 is 0 Å². The zero-order chi connectivity index (χ0) is 15.0. The van der Waals surface area contributed by atoms with E-state index >= 15 is 0 Å². The molecule has 3 nitrogen and oxygen atoms in total. The molecular formula is C17H17ClN2O. The molecule has 1 aliphatic heterocycles. The molecular weight excluding hydrogens is 284 g/mol. The molecule has 108 valence electrons. The Labute approximate surface area is 129 Å². The fourth-order valence-corrected chi connectivity index (χ4v) is 2.88. The van der Waals surface area contributed by atoms with E-state index in [9.17, 15) is 5.11 Å². The van der Waals surface area contributed by atoms with Crippen LogP contribution in [0.4, 0.5) is 0 Å². The van der Waals surface area contributed by atoms with Crippen LogP contribution >= 0.6 is 11.6 Å². The number of hydrogen-bond donors (Lipinski definition) is 1. The van der Waals surface area contributed by atoms with Crippen molar-refractivity contribution in [2.75, 3.05) is 14.1 Å². The van der Waals surface area contributed by atoms with Crippen molar-refractivity contribution in [1.82, 2.24) is 4.90 Å². The van der Waals surface area contributed by atoms with Crippen molar-refractivity contribution in [2.24, 2.45) is 4.99 Å². The van der Waals surface area contributed by atoms with Crippen molar-refractivity contribution in [3.8, 4) is 5.75 Å². The maximum atomic E-state index is 9.81. The second kappa shape index (κ2) is 5.41. The van der Waals surface area contributed by atoms with Crippen LogP contribution in [0.2, 0.25) is 5.02 Å². The molecule has 0 aromatic heterocycles. The first kappa shape index (κ1) is 14.0. The average molecular weight is 301 g/mol. The molecule has 0 amide bonds. The highest BCUT2D eigenvalue weighted by Gasteiger charge is 2.25. The summed E-state index contributed by atoms with van der Waals surface area (Å²) in [6.45, 7) is 0. The molecule has 1 unspecified atom stereocenters. The van der Waals surface area contributed by atoms with Gasteiger partial charge in [-0.2, -0.15) is 0 Å². The van der Waals surface area contributed by atoms with Gasteiger partial charge in [0.25, 0.3) is 0 Å². The van der Waals surface area contributed by atoms with Crippen molar-refractivity contribution in [3.63, 3.8) is 0 Å². The zero-order valence-corrected chi connectivity index (χ0v) is 12.8. The highest BCUT2D eigenvalue weighted by atomic mass is 35.5. The fraction of sp³-hybridized carbons (Fsp3) is 0.235. The van der Waals surface area contributed by atoms with Crippen molar-refractivity contribution in [3.05, 3.63) is 64.2 Å². The van der Waals surface area contributed by atoms with Gasteiger partial charge in [0.15, 0.2) is 0 Å². The molecule has 1 atom stereocenters. The summed E-state index contributed by atoms with van der Waals surface area (Å²) in [5.74, 6) is 1.27. The summed E-state index contributed by atoms with van der Waals surface area (Å²) < 4.78 is 0. The Kier molecular flexibility index (Phi) is 3.60. The second-order valence-electron chi connectivity index (χ2n) is 5.42. The number of phenols is 1. The number of fused-ring (bicyclic) bond motifs is 1. The lowest BCUT2D eigenvalue weighted by Gasteiger charge is -2.28. The first-order valence-corrected chi connectivity index (χ1v) is 7.24. The van der Waals surface area contributed by atoms with Crippen LogP contribution < -0.4 is 0 Å². The van der Waals surface area contributed by atoms with Gasteiger partial charge in [0, 0.05) is 25.5 Å². The smallest absolute Gasteiger partial charge is 0.115 e. The van der Waals surface area contributed by atoms with Crippen LogP contribution in [0, 0.1) is 0 Å².